The van der Waals surface area contributed by atoms with Gasteiger partial charge in [-0.2, -0.15) is 0 Å². The molecule has 0 saturated carbocycles. The van der Waals surface area contributed by atoms with Gasteiger partial charge in [-0.3, -0.25) is 4.79 Å². The van der Waals surface area contributed by atoms with Crippen LogP contribution in [0.4, 0.5) is 4.79 Å². The van der Waals surface area contributed by atoms with Gasteiger partial charge >= 0.3 is 12.0 Å². The molecule has 2 rings (SSSR count). The number of carbonyl (C=O) groups excluding carboxylic acids is 1. The van der Waals surface area contributed by atoms with Gasteiger partial charge < -0.3 is 20.2 Å². The lowest BCUT2D eigenvalue weighted by Crippen LogP contribution is -2.43. The van der Waals surface area contributed by atoms with Crippen molar-refractivity contribution in [2.45, 2.75) is 32.7 Å². The number of carboxylic acid groups (broad SMARTS) is 1. The van der Waals surface area contributed by atoms with Crippen molar-refractivity contribution in [1.29, 1.82) is 0 Å². The zero-order valence-corrected chi connectivity index (χ0v) is 15.6. The highest BCUT2D eigenvalue weighted by molar-refractivity contribution is 5.79. The van der Waals surface area contributed by atoms with Crippen molar-refractivity contribution in [2.24, 2.45) is 5.41 Å². The molecule has 6 heteroatoms. The molecule has 138 valence electrons. The number of nitrogens with zero attached hydrogens (tertiary/aromatic N) is 2. The molecule has 1 aliphatic rings. The van der Waals surface area contributed by atoms with Crippen molar-refractivity contribution in [3.05, 3.63) is 35.4 Å². The first-order chi connectivity index (χ1) is 11.8. The number of aryl methyl sites for hydroxylation is 1. The van der Waals surface area contributed by atoms with Gasteiger partial charge in [0.1, 0.15) is 0 Å². The Morgan fingerprint density at radius 1 is 1.32 bits per heavy atom. The molecule has 2 N–H and O–H groups in total. The molecule has 1 fully saturated rings. The van der Waals surface area contributed by atoms with Crippen molar-refractivity contribution >= 4 is 12.0 Å². The van der Waals surface area contributed by atoms with Crippen molar-refractivity contribution in [2.75, 3.05) is 33.7 Å². The fourth-order valence-corrected chi connectivity index (χ4v) is 3.18. The van der Waals surface area contributed by atoms with E-state index in [0.29, 0.717) is 19.5 Å². The Morgan fingerprint density at radius 2 is 1.96 bits per heavy atom. The Morgan fingerprint density at radius 3 is 2.44 bits per heavy atom. The van der Waals surface area contributed by atoms with Crippen LogP contribution in [0.3, 0.4) is 0 Å². The summed E-state index contributed by atoms with van der Waals surface area (Å²) in [5, 5.41) is 12.3. The molecule has 0 bridgehead atoms. The summed E-state index contributed by atoms with van der Waals surface area (Å²) in [4.78, 5) is 27.4. The minimum absolute atomic E-state index is 0.0725. The summed E-state index contributed by atoms with van der Waals surface area (Å²) in [5.41, 5.74) is 1.60. The van der Waals surface area contributed by atoms with E-state index in [1.165, 1.54) is 5.56 Å². The molecule has 1 aliphatic heterocycles. The normalized spacial score (nSPS) is 21.4. The topological polar surface area (TPSA) is 72.9 Å². The number of hydrogen-bond acceptors (Lipinski definition) is 3. The number of hydrogen-bond donors (Lipinski definition) is 2. The number of carbonyl (C=O) groups is 2. The second-order valence-corrected chi connectivity index (χ2v) is 7.30. The minimum Gasteiger partial charge on any atom is -0.481 e. The van der Waals surface area contributed by atoms with Crippen LogP contribution in [0.25, 0.3) is 0 Å². The summed E-state index contributed by atoms with van der Waals surface area (Å²) in [5.74, 6) is -0.843. The first kappa shape index (κ1) is 19.2. The zero-order chi connectivity index (χ0) is 18.6. The van der Waals surface area contributed by atoms with Crippen LogP contribution in [0.5, 0.6) is 0 Å². The van der Waals surface area contributed by atoms with Gasteiger partial charge in [-0.15, -0.1) is 0 Å². The highest BCUT2D eigenvalue weighted by Crippen LogP contribution is 2.30. The fourth-order valence-electron chi connectivity index (χ4n) is 3.18. The van der Waals surface area contributed by atoms with E-state index in [-0.39, 0.29) is 18.6 Å². The van der Waals surface area contributed by atoms with Crippen LogP contribution in [0.15, 0.2) is 24.3 Å². The third kappa shape index (κ3) is 4.51. The van der Waals surface area contributed by atoms with Gasteiger partial charge in [0.25, 0.3) is 0 Å². The molecule has 2 amide bonds. The van der Waals surface area contributed by atoms with E-state index >= 15 is 0 Å². The molecular formula is C19H29N3O3. The van der Waals surface area contributed by atoms with Gasteiger partial charge in [-0.1, -0.05) is 31.2 Å². The molecular weight excluding hydrogens is 318 g/mol. The number of aliphatic carboxylic acids is 1. The smallest absolute Gasteiger partial charge is 0.317 e. The van der Waals surface area contributed by atoms with E-state index in [9.17, 15) is 14.7 Å². The molecule has 6 nitrogen and oxygen atoms in total. The molecule has 0 aromatic heterocycles. The SMILES string of the molecule is CCc1ccc(C(CNC(=O)N2CCC(C)(C(=O)O)C2)N(C)C)cc1. The van der Waals surface area contributed by atoms with E-state index < -0.39 is 11.4 Å². The zero-order valence-electron chi connectivity index (χ0n) is 15.6. The maximum absolute atomic E-state index is 12.4. The first-order valence-electron chi connectivity index (χ1n) is 8.78. The second kappa shape index (κ2) is 7.87. The van der Waals surface area contributed by atoms with Crippen LogP contribution in [-0.2, 0) is 11.2 Å². The number of urea groups is 1. The summed E-state index contributed by atoms with van der Waals surface area (Å²) in [6.45, 7) is 5.04. The van der Waals surface area contributed by atoms with Crippen molar-refractivity contribution in [1.82, 2.24) is 15.1 Å². The number of nitrogens with one attached hydrogen (secondary N) is 1. The van der Waals surface area contributed by atoms with E-state index in [2.05, 4.69) is 41.4 Å². The van der Waals surface area contributed by atoms with E-state index in [1.807, 2.05) is 14.1 Å². The van der Waals surface area contributed by atoms with Gasteiger partial charge in [-0.05, 0) is 45.0 Å². The lowest BCUT2D eigenvalue weighted by Gasteiger charge is -2.27. The summed E-state index contributed by atoms with van der Waals surface area (Å²) in [6, 6.07) is 8.32. The molecule has 0 spiro atoms. The van der Waals surface area contributed by atoms with Gasteiger partial charge in [0.2, 0.25) is 0 Å². The predicted molar refractivity (Wildman–Crippen MR) is 97.6 cm³/mol. The van der Waals surface area contributed by atoms with Crippen LogP contribution in [-0.4, -0.2) is 60.6 Å². The van der Waals surface area contributed by atoms with Crippen LogP contribution in [0.2, 0.25) is 0 Å². The van der Waals surface area contributed by atoms with Gasteiger partial charge in [0.15, 0.2) is 0 Å². The molecule has 25 heavy (non-hydrogen) atoms. The number of rotatable bonds is 6. The fraction of sp³-hybridized carbons (Fsp3) is 0.579. The minimum atomic E-state index is -0.843. The number of benzene rings is 1. The molecule has 1 aromatic carbocycles. The largest absolute Gasteiger partial charge is 0.481 e. The van der Waals surface area contributed by atoms with Gasteiger partial charge in [0, 0.05) is 19.6 Å². The number of likely N-dealkylation sites (tertiary alicyclic amines) is 1. The second-order valence-electron chi connectivity index (χ2n) is 7.30. The van der Waals surface area contributed by atoms with Crippen molar-refractivity contribution < 1.29 is 14.7 Å². The quantitative estimate of drug-likeness (QED) is 0.828. The Kier molecular flexibility index (Phi) is 6.06. The number of amides is 2. The highest BCUT2D eigenvalue weighted by Gasteiger charge is 2.42. The number of likely N-dealkylation sites (N-methyl/N-ethyl adjacent to an activating group) is 1. The predicted octanol–water partition coefficient (Wildman–Crippen LogP) is 2.36. The highest BCUT2D eigenvalue weighted by atomic mass is 16.4. The van der Waals surface area contributed by atoms with Gasteiger partial charge in [-0.25, -0.2) is 4.79 Å². The standard InChI is InChI=1S/C19H29N3O3/c1-5-14-6-8-15(9-7-14)16(21(3)4)12-20-18(25)22-11-10-19(2,13-22)17(23)24/h6-9,16H,5,10-13H2,1-4H3,(H,20,25)(H,23,24). The first-order valence-corrected chi connectivity index (χ1v) is 8.78. The molecule has 2 atom stereocenters. The maximum atomic E-state index is 12.4. The average Bonchev–Trinajstić information content (AvgIpc) is 2.99. The Bertz CT molecular complexity index is 615. The molecule has 1 aromatic rings. The summed E-state index contributed by atoms with van der Waals surface area (Å²) < 4.78 is 0. The Hall–Kier alpha value is -2.08. The Balaban J connectivity index is 1.97. The van der Waals surface area contributed by atoms with E-state index in [1.54, 1.807) is 11.8 Å². The third-order valence-corrected chi connectivity index (χ3v) is 5.12. The molecule has 1 saturated heterocycles. The lowest BCUT2D eigenvalue weighted by atomic mass is 9.90. The van der Waals surface area contributed by atoms with E-state index in [4.69, 9.17) is 0 Å². The molecule has 2 unspecified atom stereocenters. The van der Waals surface area contributed by atoms with Crippen LogP contribution in [0.1, 0.15) is 37.4 Å². The summed E-state index contributed by atoms with van der Waals surface area (Å²) in [7, 11) is 3.98. The summed E-state index contributed by atoms with van der Waals surface area (Å²) in [6.07, 6.45) is 1.49. The van der Waals surface area contributed by atoms with Crippen LogP contribution >= 0.6 is 0 Å². The van der Waals surface area contributed by atoms with E-state index in [0.717, 1.165) is 12.0 Å². The maximum Gasteiger partial charge on any atom is 0.317 e. The monoisotopic (exact) mass is 347 g/mol. The number of carboxylic acids is 1. The third-order valence-electron chi connectivity index (χ3n) is 5.12. The van der Waals surface area contributed by atoms with Crippen molar-refractivity contribution in [3.8, 4) is 0 Å². The molecule has 0 aliphatic carbocycles. The Labute approximate surface area is 149 Å². The molecule has 0 radical (unpaired) electrons. The molecule has 1 heterocycles. The lowest BCUT2D eigenvalue weighted by molar-refractivity contribution is -0.147. The van der Waals surface area contributed by atoms with Crippen molar-refractivity contribution in [3.63, 3.8) is 0 Å². The van der Waals surface area contributed by atoms with Crippen LogP contribution in [0, 0.1) is 5.41 Å². The average molecular weight is 347 g/mol. The van der Waals surface area contributed by atoms with Gasteiger partial charge in [0.05, 0.1) is 11.5 Å². The summed E-state index contributed by atoms with van der Waals surface area (Å²) >= 11 is 0. The van der Waals surface area contributed by atoms with Crippen LogP contribution < -0.4 is 5.32 Å².